The molecule has 4 aromatic rings. The average Bonchev–Trinajstić information content (AvgIpc) is 3.16. The number of H-pyrrole nitrogens is 1. The molecule has 140 valence electrons. The summed E-state index contributed by atoms with van der Waals surface area (Å²) < 4.78 is 0. The van der Waals surface area contributed by atoms with E-state index in [2.05, 4.69) is 54.6 Å². The number of hydrogen-bond acceptors (Lipinski definition) is 6. The minimum atomic E-state index is 0.608. The SMILES string of the molecule is c1ccc(CN2CCc3[nH]nc4nc(NCCc5ccccn5)nc2c34)cc1. The fourth-order valence-electron chi connectivity index (χ4n) is 3.61. The predicted octanol–water partition coefficient (Wildman–Crippen LogP) is 2.97. The second kappa shape index (κ2) is 7.26. The lowest BCUT2D eigenvalue weighted by molar-refractivity contribution is 0.747. The molecule has 1 aliphatic rings. The summed E-state index contributed by atoms with van der Waals surface area (Å²) in [7, 11) is 0. The van der Waals surface area contributed by atoms with Gasteiger partial charge < -0.3 is 10.2 Å². The van der Waals surface area contributed by atoms with Crippen molar-refractivity contribution in [1.29, 1.82) is 0 Å². The first-order valence-corrected chi connectivity index (χ1v) is 9.54. The van der Waals surface area contributed by atoms with Crippen molar-refractivity contribution in [2.45, 2.75) is 19.4 Å². The van der Waals surface area contributed by atoms with E-state index < -0.39 is 0 Å². The van der Waals surface area contributed by atoms with Gasteiger partial charge in [0, 0.05) is 44.4 Å². The molecule has 0 amide bonds. The van der Waals surface area contributed by atoms with E-state index in [0.717, 1.165) is 60.7 Å². The molecule has 0 atom stereocenters. The van der Waals surface area contributed by atoms with Crippen LogP contribution in [-0.4, -0.2) is 38.2 Å². The summed E-state index contributed by atoms with van der Waals surface area (Å²) in [6, 6.07) is 16.4. The van der Waals surface area contributed by atoms with Gasteiger partial charge in [0.2, 0.25) is 5.95 Å². The van der Waals surface area contributed by atoms with Crippen molar-refractivity contribution in [2.75, 3.05) is 23.3 Å². The van der Waals surface area contributed by atoms with Crippen LogP contribution in [0.4, 0.5) is 11.8 Å². The number of nitrogens with zero attached hydrogens (tertiary/aromatic N) is 5. The molecule has 0 bridgehead atoms. The molecule has 3 aromatic heterocycles. The van der Waals surface area contributed by atoms with Gasteiger partial charge in [0.25, 0.3) is 0 Å². The second-order valence-corrected chi connectivity index (χ2v) is 6.93. The van der Waals surface area contributed by atoms with Gasteiger partial charge >= 0.3 is 0 Å². The van der Waals surface area contributed by atoms with E-state index in [-0.39, 0.29) is 0 Å². The fourth-order valence-corrected chi connectivity index (χ4v) is 3.61. The van der Waals surface area contributed by atoms with Crippen LogP contribution < -0.4 is 10.2 Å². The molecule has 0 radical (unpaired) electrons. The first-order valence-electron chi connectivity index (χ1n) is 9.54. The Labute approximate surface area is 162 Å². The van der Waals surface area contributed by atoms with Crippen LogP contribution in [-0.2, 0) is 19.4 Å². The van der Waals surface area contributed by atoms with E-state index in [1.165, 1.54) is 5.56 Å². The number of anilines is 2. The molecule has 0 saturated carbocycles. The summed E-state index contributed by atoms with van der Waals surface area (Å²) in [6.07, 6.45) is 3.55. The standard InChI is InChI=1S/C21H21N7/c1-2-6-15(7-3-1)14-28-13-10-17-18-19(27-26-17)24-21(25-20(18)28)23-12-9-16-8-4-5-11-22-16/h1-8,11H,9-10,12-14H2,(H2,23,24,25,26,27). The van der Waals surface area contributed by atoms with E-state index >= 15 is 0 Å². The molecule has 7 heteroatoms. The minimum Gasteiger partial charge on any atom is -0.354 e. The topological polar surface area (TPSA) is 82.6 Å². The van der Waals surface area contributed by atoms with Crippen molar-refractivity contribution in [2.24, 2.45) is 0 Å². The molecule has 2 N–H and O–H groups in total. The number of rotatable bonds is 6. The van der Waals surface area contributed by atoms with E-state index in [1.807, 2.05) is 30.5 Å². The zero-order valence-electron chi connectivity index (χ0n) is 15.5. The molecule has 5 rings (SSSR count). The van der Waals surface area contributed by atoms with Crippen LogP contribution in [0.15, 0.2) is 54.7 Å². The van der Waals surface area contributed by atoms with Crippen LogP contribution in [0.5, 0.6) is 0 Å². The van der Waals surface area contributed by atoms with Gasteiger partial charge in [-0.3, -0.25) is 10.1 Å². The van der Waals surface area contributed by atoms with Gasteiger partial charge in [0.15, 0.2) is 5.65 Å². The summed E-state index contributed by atoms with van der Waals surface area (Å²) in [6.45, 7) is 2.45. The van der Waals surface area contributed by atoms with Gasteiger partial charge in [0.1, 0.15) is 5.82 Å². The Balaban J connectivity index is 1.40. The average molecular weight is 371 g/mol. The summed E-state index contributed by atoms with van der Waals surface area (Å²) in [5, 5.41) is 11.9. The summed E-state index contributed by atoms with van der Waals surface area (Å²) in [5.74, 6) is 1.56. The van der Waals surface area contributed by atoms with Gasteiger partial charge in [0.05, 0.1) is 11.1 Å². The molecule has 0 unspecified atom stereocenters. The molecule has 0 spiro atoms. The minimum absolute atomic E-state index is 0.608. The molecular weight excluding hydrogens is 350 g/mol. The first-order chi connectivity index (χ1) is 13.9. The maximum atomic E-state index is 4.84. The van der Waals surface area contributed by atoms with Gasteiger partial charge in [-0.05, 0) is 17.7 Å². The van der Waals surface area contributed by atoms with Crippen molar-refractivity contribution in [3.05, 3.63) is 71.7 Å². The second-order valence-electron chi connectivity index (χ2n) is 6.93. The van der Waals surface area contributed by atoms with Crippen molar-refractivity contribution < 1.29 is 0 Å². The fraction of sp³-hybridized carbons (Fsp3) is 0.238. The van der Waals surface area contributed by atoms with Crippen molar-refractivity contribution >= 4 is 22.8 Å². The Kier molecular flexibility index (Phi) is 4.33. The quantitative estimate of drug-likeness (QED) is 0.542. The van der Waals surface area contributed by atoms with E-state index in [9.17, 15) is 0 Å². The summed E-state index contributed by atoms with van der Waals surface area (Å²) >= 11 is 0. The Morgan fingerprint density at radius 1 is 1.04 bits per heavy atom. The number of hydrogen-bond donors (Lipinski definition) is 2. The highest BCUT2D eigenvalue weighted by Gasteiger charge is 2.24. The lowest BCUT2D eigenvalue weighted by Gasteiger charge is -2.28. The largest absolute Gasteiger partial charge is 0.354 e. The van der Waals surface area contributed by atoms with Gasteiger partial charge in [-0.25, -0.2) is 0 Å². The van der Waals surface area contributed by atoms with E-state index in [0.29, 0.717) is 5.95 Å². The van der Waals surface area contributed by atoms with Gasteiger partial charge in [-0.1, -0.05) is 36.4 Å². The lowest BCUT2D eigenvalue weighted by atomic mass is 10.1. The van der Waals surface area contributed by atoms with Crippen molar-refractivity contribution in [1.82, 2.24) is 25.1 Å². The Morgan fingerprint density at radius 2 is 1.93 bits per heavy atom. The Morgan fingerprint density at radius 3 is 2.79 bits per heavy atom. The zero-order chi connectivity index (χ0) is 18.8. The smallest absolute Gasteiger partial charge is 0.226 e. The van der Waals surface area contributed by atoms with Crippen LogP contribution in [0.25, 0.3) is 11.0 Å². The van der Waals surface area contributed by atoms with Crippen LogP contribution in [0.1, 0.15) is 17.0 Å². The Hall–Kier alpha value is -3.48. The van der Waals surface area contributed by atoms with E-state index in [1.54, 1.807) is 0 Å². The predicted molar refractivity (Wildman–Crippen MR) is 109 cm³/mol. The van der Waals surface area contributed by atoms with Gasteiger partial charge in [-0.15, -0.1) is 0 Å². The van der Waals surface area contributed by atoms with Crippen molar-refractivity contribution in [3.8, 4) is 0 Å². The van der Waals surface area contributed by atoms with E-state index in [4.69, 9.17) is 4.98 Å². The summed E-state index contributed by atoms with van der Waals surface area (Å²) in [5.41, 5.74) is 4.16. The van der Waals surface area contributed by atoms with Crippen LogP contribution in [0, 0.1) is 0 Å². The summed E-state index contributed by atoms with van der Waals surface area (Å²) in [4.78, 5) is 16.1. The zero-order valence-corrected chi connectivity index (χ0v) is 15.5. The molecule has 7 nitrogen and oxygen atoms in total. The van der Waals surface area contributed by atoms with Gasteiger partial charge in [-0.2, -0.15) is 15.1 Å². The lowest BCUT2D eigenvalue weighted by Crippen LogP contribution is -2.29. The van der Waals surface area contributed by atoms with Crippen molar-refractivity contribution in [3.63, 3.8) is 0 Å². The molecule has 0 saturated heterocycles. The molecular formula is C21H21N7. The number of pyridine rings is 1. The third kappa shape index (κ3) is 3.26. The normalized spacial score (nSPS) is 13.1. The monoisotopic (exact) mass is 371 g/mol. The third-order valence-corrected chi connectivity index (χ3v) is 5.01. The maximum Gasteiger partial charge on any atom is 0.226 e. The Bertz CT molecular complexity index is 1080. The highest BCUT2D eigenvalue weighted by atomic mass is 15.3. The molecule has 1 aromatic carbocycles. The van der Waals surface area contributed by atoms with Crippen LogP contribution in [0.3, 0.4) is 0 Å². The highest BCUT2D eigenvalue weighted by molar-refractivity contribution is 5.91. The number of aromatic amines is 1. The molecule has 0 aliphatic carbocycles. The van der Waals surface area contributed by atoms with Crippen LogP contribution >= 0.6 is 0 Å². The first kappa shape index (κ1) is 16.7. The molecule has 1 aliphatic heterocycles. The molecule has 4 heterocycles. The molecule has 0 fully saturated rings. The van der Waals surface area contributed by atoms with Crippen LogP contribution in [0.2, 0.25) is 0 Å². The number of aromatic nitrogens is 5. The number of benzene rings is 1. The highest BCUT2D eigenvalue weighted by Crippen LogP contribution is 2.32. The molecule has 28 heavy (non-hydrogen) atoms. The maximum absolute atomic E-state index is 4.84. The third-order valence-electron chi connectivity index (χ3n) is 5.01. The number of nitrogens with one attached hydrogen (secondary N) is 2.